The van der Waals surface area contributed by atoms with E-state index in [0.717, 1.165) is 19.3 Å². The van der Waals surface area contributed by atoms with Gasteiger partial charge in [0.25, 0.3) is 15.0 Å². The van der Waals surface area contributed by atoms with Crippen molar-refractivity contribution in [2.45, 2.75) is 50.6 Å². The Bertz CT molecular complexity index is 609. The van der Waals surface area contributed by atoms with Gasteiger partial charge < -0.3 is 9.88 Å². The van der Waals surface area contributed by atoms with E-state index < -0.39 is 9.05 Å². The summed E-state index contributed by atoms with van der Waals surface area (Å²) in [6.07, 6.45) is 4.45. The first kappa shape index (κ1) is 15.4. The van der Waals surface area contributed by atoms with Crippen molar-refractivity contribution in [3.63, 3.8) is 0 Å². The summed E-state index contributed by atoms with van der Waals surface area (Å²) in [5, 5.41) is 2.97. The Labute approximate surface area is 123 Å². The van der Waals surface area contributed by atoms with Gasteiger partial charge in [0.2, 0.25) is 0 Å². The Morgan fingerprint density at radius 1 is 1.50 bits per heavy atom. The zero-order valence-electron chi connectivity index (χ0n) is 11.6. The Balaban J connectivity index is 2.19. The van der Waals surface area contributed by atoms with Crippen molar-refractivity contribution in [1.82, 2.24) is 9.88 Å². The largest absolute Gasteiger partial charge is 0.348 e. The van der Waals surface area contributed by atoms with Crippen LogP contribution in [0.2, 0.25) is 0 Å². The van der Waals surface area contributed by atoms with E-state index in [1.165, 1.54) is 12.3 Å². The number of aryl methyl sites for hydroxylation is 1. The Morgan fingerprint density at radius 2 is 2.20 bits per heavy atom. The molecule has 0 radical (unpaired) electrons. The molecule has 0 saturated heterocycles. The zero-order chi connectivity index (χ0) is 14.9. The zero-order valence-corrected chi connectivity index (χ0v) is 13.2. The lowest BCUT2D eigenvalue weighted by molar-refractivity contribution is 0.0928. The maximum Gasteiger partial charge on any atom is 0.268 e. The van der Waals surface area contributed by atoms with Crippen molar-refractivity contribution in [2.24, 2.45) is 5.92 Å². The molecule has 2 unspecified atom stereocenters. The van der Waals surface area contributed by atoms with Crippen LogP contribution < -0.4 is 5.32 Å². The van der Waals surface area contributed by atoms with Crippen molar-refractivity contribution in [3.05, 3.63) is 18.0 Å². The molecule has 1 aromatic rings. The third kappa shape index (κ3) is 3.35. The lowest BCUT2D eigenvalue weighted by Crippen LogP contribution is -2.34. The van der Waals surface area contributed by atoms with Gasteiger partial charge >= 0.3 is 0 Å². The summed E-state index contributed by atoms with van der Waals surface area (Å²) in [4.78, 5) is 12.2. The summed E-state index contributed by atoms with van der Waals surface area (Å²) in [5.41, 5.74) is 0.339. The average Bonchev–Trinajstić information content (AvgIpc) is 2.94. The highest BCUT2D eigenvalue weighted by atomic mass is 35.7. The number of carbonyl (C=O) groups is 1. The van der Waals surface area contributed by atoms with E-state index in [2.05, 4.69) is 12.2 Å². The summed E-state index contributed by atoms with van der Waals surface area (Å²) in [6.45, 7) is 4.52. The van der Waals surface area contributed by atoms with Crippen LogP contribution in [0.5, 0.6) is 0 Å². The normalized spacial score (nSPS) is 22.9. The molecule has 1 amide bonds. The number of amides is 1. The van der Waals surface area contributed by atoms with Gasteiger partial charge in [-0.15, -0.1) is 0 Å². The predicted molar refractivity (Wildman–Crippen MR) is 77.4 cm³/mol. The SMILES string of the molecule is CCn1cc(S(=O)(=O)Cl)cc1C(=O)NC1CCC(C)C1. The fraction of sp³-hybridized carbons (Fsp3) is 0.615. The van der Waals surface area contributed by atoms with E-state index >= 15 is 0 Å². The molecule has 112 valence electrons. The second-order valence-electron chi connectivity index (χ2n) is 5.37. The van der Waals surface area contributed by atoms with Crippen LogP contribution in [-0.4, -0.2) is 24.9 Å². The molecule has 1 aliphatic carbocycles. The maximum atomic E-state index is 12.3. The molecule has 0 spiro atoms. The minimum atomic E-state index is -3.81. The molecule has 0 aromatic carbocycles. The number of hydrogen-bond acceptors (Lipinski definition) is 3. The number of nitrogens with zero attached hydrogens (tertiary/aromatic N) is 1. The van der Waals surface area contributed by atoms with Crippen molar-refractivity contribution in [2.75, 3.05) is 0 Å². The topological polar surface area (TPSA) is 68.2 Å². The molecule has 1 heterocycles. The van der Waals surface area contributed by atoms with Crippen LogP contribution in [0, 0.1) is 5.92 Å². The third-order valence-electron chi connectivity index (χ3n) is 3.76. The first-order valence-electron chi connectivity index (χ1n) is 6.77. The van der Waals surface area contributed by atoms with Crippen molar-refractivity contribution in [3.8, 4) is 0 Å². The van der Waals surface area contributed by atoms with Crippen LogP contribution in [0.4, 0.5) is 0 Å². The molecule has 1 N–H and O–H groups in total. The molecule has 20 heavy (non-hydrogen) atoms. The number of aromatic nitrogens is 1. The minimum absolute atomic E-state index is 0.0362. The minimum Gasteiger partial charge on any atom is -0.348 e. The molecule has 2 atom stereocenters. The Hall–Kier alpha value is -1.01. The Morgan fingerprint density at radius 3 is 2.70 bits per heavy atom. The van der Waals surface area contributed by atoms with Crippen LogP contribution >= 0.6 is 10.7 Å². The van der Waals surface area contributed by atoms with Gasteiger partial charge in [-0.05, 0) is 38.2 Å². The number of nitrogens with one attached hydrogen (secondary N) is 1. The molecule has 2 rings (SSSR count). The van der Waals surface area contributed by atoms with Crippen LogP contribution in [0.15, 0.2) is 17.2 Å². The average molecular weight is 319 g/mol. The number of rotatable bonds is 4. The molecule has 7 heteroatoms. The van der Waals surface area contributed by atoms with Crippen molar-refractivity contribution in [1.29, 1.82) is 0 Å². The second kappa shape index (κ2) is 5.77. The van der Waals surface area contributed by atoms with Gasteiger partial charge in [0.05, 0.1) is 0 Å². The second-order valence-corrected chi connectivity index (χ2v) is 7.94. The lowest BCUT2D eigenvalue weighted by Gasteiger charge is -2.13. The first-order valence-corrected chi connectivity index (χ1v) is 9.08. The highest BCUT2D eigenvalue weighted by Gasteiger charge is 2.25. The highest BCUT2D eigenvalue weighted by Crippen LogP contribution is 2.25. The summed E-state index contributed by atoms with van der Waals surface area (Å²) < 4.78 is 24.3. The fourth-order valence-electron chi connectivity index (χ4n) is 2.67. The molecule has 0 aliphatic heterocycles. The van der Waals surface area contributed by atoms with Crippen LogP contribution in [-0.2, 0) is 15.6 Å². The van der Waals surface area contributed by atoms with Crippen LogP contribution in [0.3, 0.4) is 0 Å². The molecule has 5 nitrogen and oxygen atoms in total. The van der Waals surface area contributed by atoms with Crippen molar-refractivity contribution < 1.29 is 13.2 Å². The van der Waals surface area contributed by atoms with Crippen LogP contribution in [0.1, 0.15) is 43.6 Å². The number of hydrogen-bond donors (Lipinski definition) is 1. The van der Waals surface area contributed by atoms with Gasteiger partial charge in [0.1, 0.15) is 10.6 Å². The van der Waals surface area contributed by atoms with Gasteiger partial charge in [-0.1, -0.05) is 6.92 Å². The smallest absolute Gasteiger partial charge is 0.268 e. The number of halogens is 1. The summed E-state index contributed by atoms with van der Waals surface area (Å²) in [7, 11) is 1.51. The van der Waals surface area contributed by atoms with Gasteiger partial charge in [0, 0.05) is 29.5 Å². The third-order valence-corrected chi connectivity index (χ3v) is 5.08. The van der Waals surface area contributed by atoms with Gasteiger partial charge in [0.15, 0.2) is 0 Å². The van der Waals surface area contributed by atoms with E-state index in [4.69, 9.17) is 10.7 Å². The quantitative estimate of drug-likeness (QED) is 0.866. The summed E-state index contributed by atoms with van der Waals surface area (Å²) in [6, 6.07) is 1.51. The molecular formula is C13H19ClN2O3S. The van der Waals surface area contributed by atoms with Gasteiger partial charge in [-0.25, -0.2) is 8.42 Å². The van der Waals surface area contributed by atoms with Gasteiger partial charge in [-0.3, -0.25) is 4.79 Å². The Kier molecular flexibility index (Phi) is 4.44. The highest BCUT2D eigenvalue weighted by molar-refractivity contribution is 8.13. The molecule has 0 bridgehead atoms. The van der Waals surface area contributed by atoms with Crippen LogP contribution in [0.25, 0.3) is 0 Å². The molecule has 1 fully saturated rings. The fourth-order valence-corrected chi connectivity index (χ4v) is 3.43. The molecular weight excluding hydrogens is 300 g/mol. The van der Waals surface area contributed by atoms with E-state index in [1.54, 1.807) is 4.57 Å². The van der Waals surface area contributed by atoms with E-state index in [1.807, 2.05) is 6.92 Å². The standard InChI is InChI=1S/C13H19ClN2O3S/c1-3-16-8-11(20(14,18)19)7-12(16)13(17)15-10-5-4-9(2)6-10/h7-10H,3-6H2,1-2H3,(H,15,17). The monoisotopic (exact) mass is 318 g/mol. The van der Waals surface area contributed by atoms with E-state index in [9.17, 15) is 13.2 Å². The summed E-state index contributed by atoms with van der Waals surface area (Å²) in [5.74, 6) is 0.384. The van der Waals surface area contributed by atoms with Crippen molar-refractivity contribution >= 4 is 25.6 Å². The lowest BCUT2D eigenvalue weighted by atomic mass is 10.1. The molecule has 1 saturated carbocycles. The summed E-state index contributed by atoms with van der Waals surface area (Å²) >= 11 is 0. The maximum absolute atomic E-state index is 12.3. The van der Waals surface area contributed by atoms with E-state index in [-0.39, 0.29) is 16.8 Å². The predicted octanol–water partition coefficient (Wildman–Crippen LogP) is 2.35. The first-order chi connectivity index (χ1) is 9.31. The molecule has 1 aliphatic rings. The van der Waals surface area contributed by atoms with Gasteiger partial charge in [-0.2, -0.15) is 0 Å². The van der Waals surface area contributed by atoms with E-state index in [0.29, 0.717) is 18.2 Å². The molecule has 1 aromatic heterocycles. The number of carbonyl (C=O) groups excluding carboxylic acids is 1.